The van der Waals surface area contributed by atoms with E-state index in [1.54, 1.807) is 10.8 Å². The van der Waals surface area contributed by atoms with Gasteiger partial charge in [0.1, 0.15) is 0 Å². The third-order valence-electron chi connectivity index (χ3n) is 6.75. The Bertz CT molecular complexity index is 1090. The smallest absolute Gasteiger partial charge is 0.331 e. The molecule has 0 amide bonds. The van der Waals surface area contributed by atoms with E-state index in [9.17, 15) is 9.90 Å². The molecule has 2 aromatic heterocycles. The van der Waals surface area contributed by atoms with Crippen LogP contribution in [0.25, 0.3) is 10.9 Å². The number of aromatic nitrogens is 3. The van der Waals surface area contributed by atoms with Gasteiger partial charge in [-0.05, 0) is 56.8 Å². The van der Waals surface area contributed by atoms with Gasteiger partial charge in [0.15, 0.2) is 0 Å². The summed E-state index contributed by atoms with van der Waals surface area (Å²) in [5.74, 6) is 0.913. The Morgan fingerprint density at radius 1 is 1.32 bits per heavy atom. The van der Waals surface area contributed by atoms with E-state index in [2.05, 4.69) is 41.3 Å². The summed E-state index contributed by atoms with van der Waals surface area (Å²) in [6.07, 6.45) is 5.91. The molecule has 5 rings (SSSR count). The highest BCUT2D eigenvalue weighted by molar-refractivity contribution is 5.88. The average molecular weight is 380 g/mol. The summed E-state index contributed by atoms with van der Waals surface area (Å²) in [6, 6.07) is 7.05. The van der Waals surface area contributed by atoms with Gasteiger partial charge in [0.2, 0.25) is 5.88 Å². The van der Waals surface area contributed by atoms with Crippen molar-refractivity contribution in [2.24, 2.45) is 5.92 Å². The maximum Gasteiger partial charge on any atom is 0.331 e. The van der Waals surface area contributed by atoms with Crippen molar-refractivity contribution in [1.29, 1.82) is 0 Å². The Labute approximate surface area is 164 Å². The van der Waals surface area contributed by atoms with Crippen molar-refractivity contribution >= 4 is 10.9 Å². The normalized spacial score (nSPS) is 24.8. The number of hydrogen-bond donors (Lipinski definition) is 2. The predicted molar refractivity (Wildman–Crippen MR) is 110 cm³/mol. The highest BCUT2D eigenvalue weighted by atomic mass is 16.3. The third kappa shape index (κ3) is 2.54. The van der Waals surface area contributed by atoms with Gasteiger partial charge in [-0.25, -0.2) is 4.79 Å². The van der Waals surface area contributed by atoms with Crippen molar-refractivity contribution in [1.82, 2.24) is 19.0 Å². The van der Waals surface area contributed by atoms with Gasteiger partial charge >= 0.3 is 5.69 Å². The summed E-state index contributed by atoms with van der Waals surface area (Å²) >= 11 is 0. The van der Waals surface area contributed by atoms with E-state index in [1.165, 1.54) is 26.6 Å². The van der Waals surface area contributed by atoms with Crippen LogP contribution in [0.5, 0.6) is 5.88 Å². The number of hydrogen-bond acceptors (Lipinski definition) is 3. The first-order valence-corrected chi connectivity index (χ1v) is 10.2. The Morgan fingerprint density at radius 3 is 2.89 bits per heavy atom. The number of benzene rings is 1. The molecule has 0 radical (unpaired) electrons. The monoisotopic (exact) mass is 380 g/mol. The number of H-pyrrole nitrogens is 1. The lowest BCUT2D eigenvalue weighted by molar-refractivity contribution is 0.103. The van der Waals surface area contributed by atoms with Crippen LogP contribution in [0, 0.1) is 5.92 Å². The summed E-state index contributed by atoms with van der Waals surface area (Å²) in [5.41, 5.74) is 3.98. The van der Waals surface area contributed by atoms with Crippen LogP contribution >= 0.6 is 0 Å². The molecule has 3 atom stereocenters. The predicted octanol–water partition coefficient (Wildman–Crippen LogP) is 3.08. The highest BCUT2D eigenvalue weighted by Gasteiger charge is 2.39. The number of aromatic amines is 1. The fourth-order valence-corrected chi connectivity index (χ4v) is 5.57. The third-order valence-corrected chi connectivity index (χ3v) is 6.75. The molecule has 0 saturated carbocycles. The van der Waals surface area contributed by atoms with Gasteiger partial charge in [-0.1, -0.05) is 12.1 Å². The molecule has 1 fully saturated rings. The number of piperidine rings is 1. The Kier molecular flexibility index (Phi) is 3.95. The molecular weight excluding hydrogens is 352 g/mol. The van der Waals surface area contributed by atoms with Crippen molar-refractivity contribution < 1.29 is 5.11 Å². The molecular formula is C22H28N4O2. The molecule has 1 aliphatic carbocycles. The minimum atomic E-state index is -0.115. The Morgan fingerprint density at radius 2 is 2.14 bits per heavy atom. The van der Waals surface area contributed by atoms with Crippen LogP contribution in [-0.4, -0.2) is 43.8 Å². The molecule has 6 heteroatoms. The molecule has 3 aromatic rings. The fourth-order valence-electron chi connectivity index (χ4n) is 5.57. The number of likely N-dealkylation sites (tertiary alicyclic amines) is 1. The standard InChI is InChI=1S/C22H28N4O2/c1-13(2)26-20(27)12-25(22(26)28)11-14-7-17-16-5-4-6-18-21(16)15(9-23-18)8-19(17)24(3)10-14/h4-6,9,12-14,17,19,23,27H,7-8,10-11H2,1-3H3/t14?,17-,19-/m1/s1. The molecule has 2 N–H and O–H groups in total. The maximum absolute atomic E-state index is 12.7. The van der Waals surface area contributed by atoms with Gasteiger partial charge in [-0.2, -0.15) is 0 Å². The van der Waals surface area contributed by atoms with Crippen LogP contribution in [0.2, 0.25) is 0 Å². The fraction of sp³-hybridized carbons (Fsp3) is 0.500. The van der Waals surface area contributed by atoms with Crippen molar-refractivity contribution in [3.8, 4) is 5.88 Å². The van der Waals surface area contributed by atoms with E-state index < -0.39 is 0 Å². The molecule has 3 heterocycles. The topological polar surface area (TPSA) is 66.2 Å². The molecule has 148 valence electrons. The highest BCUT2D eigenvalue weighted by Crippen LogP contribution is 2.44. The van der Waals surface area contributed by atoms with Gasteiger partial charge in [0.05, 0.1) is 6.20 Å². The van der Waals surface area contributed by atoms with Crippen LogP contribution < -0.4 is 5.69 Å². The second kappa shape index (κ2) is 6.27. The first-order valence-electron chi connectivity index (χ1n) is 10.2. The number of likely N-dealkylation sites (N-methyl/N-ethyl adjacent to an activating group) is 1. The van der Waals surface area contributed by atoms with Gasteiger partial charge < -0.3 is 15.0 Å². The van der Waals surface area contributed by atoms with Crippen LogP contribution in [0.4, 0.5) is 0 Å². The minimum absolute atomic E-state index is 0.0462. The first kappa shape index (κ1) is 17.6. The molecule has 1 aliphatic heterocycles. The van der Waals surface area contributed by atoms with Crippen molar-refractivity contribution in [2.45, 2.75) is 51.2 Å². The SMILES string of the molecule is CC(C)n1c(O)cn(CC2C[C@@H]3c4cccc5[nH]cc(c45)C[C@H]3N(C)C2)c1=O. The van der Waals surface area contributed by atoms with Crippen LogP contribution in [0.1, 0.15) is 43.4 Å². The van der Waals surface area contributed by atoms with Gasteiger partial charge in [0.25, 0.3) is 0 Å². The molecule has 1 saturated heterocycles. The van der Waals surface area contributed by atoms with Crippen molar-refractivity contribution in [3.63, 3.8) is 0 Å². The zero-order chi connectivity index (χ0) is 19.6. The van der Waals surface area contributed by atoms with E-state index in [1.807, 2.05) is 13.8 Å². The summed E-state index contributed by atoms with van der Waals surface area (Å²) in [7, 11) is 2.21. The number of aromatic hydroxyl groups is 1. The zero-order valence-corrected chi connectivity index (χ0v) is 16.7. The second-order valence-corrected chi connectivity index (χ2v) is 8.89. The van der Waals surface area contributed by atoms with Crippen molar-refractivity contribution in [2.75, 3.05) is 13.6 Å². The van der Waals surface area contributed by atoms with Crippen molar-refractivity contribution in [3.05, 3.63) is 52.2 Å². The number of imidazole rings is 1. The van der Waals surface area contributed by atoms with E-state index in [-0.39, 0.29) is 17.6 Å². The summed E-state index contributed by atoms with van der Waals surface area (Å²) in [4.78, 5) is 18.6. The summed E-state index contributed by atoms with van der Waals surface area (Å²) in [5, 5.41) is 11.6. The quantitative estimate of drug-likeness (QED) is 0.734. The summed E-state index contributed by atoms with van der Waals surface area (Å²) < 4.78 is 3.15. The first-order chi connectivity index (χ1) is 13.4. The lowest BCUT2D eigenvalue weighted by Crippen LogP contribution is -2.49. The van der Waals surface area contributed by atoms with E-state index in [0.29, 0.717) is 24.4 Å². The Hall–Kier alpha value is -2.47. The average Bonchev–Trinajstić information content (AvgIpc) is 3.18. The van der Waals surface area contributed by atoms with Crippen LogP contribution in [0.15, 0.2) is 35.4 Å². The number of rotatable bonds is 3. The summed E-state index contributed by atoms with van der Waals surface area (Å²) in [6.45, 7) is 5.45. The van der Waals surface area contributed by atoms with E-state index >= 15 is 0 Å². The lowest BCUT2D eigenvalue weighted by atomic mass is 9.72. The van der Waals surface area contributed by atoms with E-state index in [4.69, 9.17) is 0 Å². The number of nitrogens with one attached hydrogen (secondary N) is 1. The van der Waals surface area contributed by atoms with Crippen LogP contribution in [0.3, 0.4) is 0 Å². The van der Waals surface area contributed by atoms with Crippen LogP contribution in [-0.2, 0) is 13.0 Å². The largest absolute Gasteiger partial charge is 0.493 e. The molecule has 6 nitrogen and oxygen atoms in total. The maximum atomic E-state index is 12.7. The second-order valence-electron chi connectivity index (χ2n) is 8.89. The minimum Gasteiger partial charge on any atom is -0.493 e. The molecule has 1 unspecified atom stereocenters. The lowest BCUT2D eigenvalue weighted by Gasteiger charge is -2.45. The molecule has 0 bridgehead atoms. The van der Waals surface area contributed by atoms with Gasteiger partial charge in [0, 0.05) is 48.2 Å². The van der Waals surface area contributed by atoms with E-state index in [0.717, 1.165) is 19.4 Å². The van der Waals surface area contributed by atoms with Gasteiger partial charge in [-0.15, -0.1) is 0 Å². The molecule has 0 spiro atoms. The molecule has 1 aromatic carbocycles. The Balaban J connectivity index is 1.47. The van der Waals surface area contributed by atoms with Gasteiger partial charge in [-0.3, -0.25) is 9.13 Å². The number of nitrogens with zero attached hydrogens (tertiary/aromatic N) is 3. The number of fused-ring (bicyclic) bond motifs is 2. The molecule has 2 aliphatic rings. The molecule has 28 heavy (non-hydrogen) atoms. The zero-order valence-electron chi connectivity index (χ0n) is 16.7.